The van der Waals surface area contributed by atoms with Crippen LogP contribution < -0.4 is 5.73 Å². The predicted molar refractivity (Wildman–Crippen MR) is 99.8 cm³/mol. The Morgan fingerprint density at radius 1 is 1.08 bits per heavy atom. The fraction of sp³-hybridized carbons (Fsp3) is 0.400. The molecule has 1 aliphatic heterocycles. The van der Waals surface area contributed by atoms with Gasteiger partial charge in [0.15, 0.2) is 0 Å². The molecule has 2 aromatic rings. The highest BCUT2D eigenvalue weighted by atomic mass is 16.3. The molecular weight excluding hydrogens is 330 g/mol. The summed E-state index contributed by atoms with van der Waals surface area (Å²) in [4.78, 5) is 28.7. The number of nitrogens with two attached hydrogens (primary N) is 1. The highest BCUT2D eigenvalue weighted by molar-refractivity contribution is 5.95. The molecule has 1 aliphatic rings. The van der Waals surface area contributed by atoms with Gasteiger partial charge in [0.25, 0.3) is 5.91 Å². The van der Waals surface area contributed by atoms with E-state index in [1.54, 1.807) is 17.9 Å². The Hall–Kier alpha value is -2.76. The van der Waals surface area contributed by atoms with Crippen molar-refractivity contribution in [3.05, 3.63) is 53.0 Å². The standard InChI is InChI=1S/C20H25N3O3/c1-14-13-17(15(2)26-14)20(25)23-11-9-22(10-12-23)19(24)8-7-16-5-3-4-6-18(16)21/h3-6,13H,7-12,21H2,1-2H3. The molecule has 0 atom stereocenters. The third-order valence-electron chi connectivity index (χ3n) is 4.85. The minimum atomic E-state index is -0.0245. The Balaban J connectivity index is 1.51. The number of furan rings is 1. The summed E-state index contributed by atoms with van der Waals surface area (Å²) < 4.78 is 5.45. The second kappa shape index (κ2) is 7.64. The molecule has 0 spiro atoms. The molecule has 0 radical (unpaired) electrons. The zero-order valence-corrected chi connectivity index (χ0v) is 15.3. The van der Waals surface area contributed by atoms with Crippen molar-refractivity contribution in [3.63, 3.8) is 0 Å². The maximum atomic E-state index is 12.6. The lowest BCUT2D eigenvalue weighted by molar-refractivity contribution is -0.132. The van der Waals surface area contributed by atoms with Crippen molar-refractivity contribution in [1.29, 1.82) is 0 Å². The van der Waals surface area contributed by atoms with Crippen molar-refractivity contribution in [2.75, 3.05) is 31.9 Å². The van der Waals surface area contributed by atoms with E-state index in [2.05, 4.69) is 0 Å². The third kappa shape index (κ3) is 3.90. The number of anilines is 1. The fourth-order valence-electron chi connectivity index (χ4n) is 3.33. The first kappa shape index (κ1) is 18.0. The molecule has 26 heavy (non-hydrogen) atoms. The van der Waals surface area contributed by atoms with Crippen molar-refractivity contribution in [1.82, 2.24) is 9.80 Å². The molecule has 2 heterocycles. The van der Waals surface area contributed by atoms with Crippen LogP contribution in [0, 0.1) is 13.8 Å². The molecule has 2 N–H and O–H groups in total. The van der Waals surface area contributed by atoms with Gasteiger partial charge < -0.3 is 20.0 Å². The summed E-state index contributed by atoms with van der Waals surface area (Å²) in [5.74, 6) is 1.46. The molecule has 0 unspecified atom stereocenters. The number of benzene rings is 1. The number of carbonyl (C=O) groups is 2. The molecule has 6 heteroatoms. The van der Waals surface area contributed by atoms with Crippen LogP contribution in [0.15, 0.2) is 34.7 Å². The molecule has 0 bridgehead atoms. The minimum Gasteiger partial charge on any atom is -0.466 e. The molecule has 0 aliphatic carbocycles. The van der Waals surface area contributed by atoms with E-state index < -0.39 is 0 Å². The minimum absolute atomic E-state index is 0.0245. The number of hydrogen-bond acceptors (Lipinski definition) is 4. The SMILES string of the molecule is Cc1cc(C(=O)N2CCN(C(=O)CCc3ccccc3N)CC2)c(C)o1. The Morgan fingerprint density at radius 3 is 2.35 bits per heavy atom. The summed E-state index contributed by atoms with van der Waals surface area (Å²) in [6.45, 7) is 5.84. The first-order valence-electron chi connectivity index (χ1n) is 8.93. The fourth-order valence-corrected chi connectivity index (χ4v) is 3.33. The maximum Gasteiger partial charge on any atom is 0.257 e. The van der Waals surface area contributed by atoms with Gasteiger partial charge >= 0.3 is 0 Å². The van der Waals surface area contributed by atoms with Crippen LogP contribution in [-0.4, -0.2) is 47.8 Å². The number of hydrogen-bond donors (Lipinski definition) is 1. The lowest BCUT2D eigenvalue weighted by Crippen LogP contribution is -2.50. The topological polar surface area (TPSA) is 79.8 Å². The summed E-state index contributed by atoms with van der Waals surface area (Å²) in [6.07, 6.45) is 1.07. The Labute approximate surface area is 153 Å². The molecular formula is C20H25N3O3. The molecule has 0 saturated carbocycles. The van der Waals surface area contributed by atoms with Crippen LogP contribution in [0.1, 0.15) is 33.9 Å². The lowest BCUT2D eigenvalue weighted by Gasteiger charge is -2.34. The molecule has 6 nitrogen and oxygen atoms in total. The van der Waals surface area contributed by atoms with Crippen molar-refractivity contribution in [3.8, 4) is 0 Å². The molecule has 2 amide bonds. The van der Waals surface area contributed by atoms with Gasteiger partial charge in [-0.2, -0.15) is 0 Å². The first-order chi connectivity index (χ1) is 12.5. The molecule has 1 aromatic carbocycles. The number of piperazine rings is 1. The van der Waals surface area contributed by atoms with E-state index in [0.29, 0.717) is 50.3 Å². The van der Waals surface area contributed by atoms with E-state index in [1.807, 2.05) is 36.1 Å². The van der Waals surface area contributed by atoms with Gasteiger partial charge in [-0.1, -0.05) is 18.2 Å². The number of nitrogen functional groups attached to an aromatic ring is 1. The van der Waals surface area contributed by atoms with Crippen molar-refractivity contribution < 1.29 is 14.0 Å². The average molecular weight is 355 g/mol. The first-order valence-corrected chi connectivity index (χ1v) is 8.93. The largest absolute Gasteiger partial charge is 0.466 e. The summed E-state index contributed by atoms with van der Waals surface area (Å²) in [6, 6.07) is 9.40. The van der Waals surface area contributed by atoms with E-state index in [-0.39, 0.29) is 11.8 Å². The van der Waals surface area contributed by atoms with E-state index in [4.69, 9.17) is 10.2 Å². The number of aryl methyl sites for hydroxylation is 3. The molecule has 3 rings (SSSR count). The monoisotopic (exact) mass is 355 g/mol. The quantitative estimate of drug-likeness (QED) is 0.854. The smallest absolute Gasteiger partial charge is 0.257 e. The highest BCUT2D eigenvalue weighted by Crippen LogP contribution is 2.18. The summed E-state index contributed by atoms with van der Waals surface area (Å²) >= 11 is 0. The van der Waals surface area contributed by atoms with E-state index in [9.17, 15) is 9.59 Å². The van der Waals surface area contributed by atoms with Crippen LogP contribution >= 0.6 is 0 Å². The molecule has 1 fully saturated rings. The normalized spacial score (nSPS) is 14.5. The van der Waals surface area contributed by atoms with Crippen LogP contribution in [0.25, 0.3) is 0 Å². The number of carbonyl (C=O) groups excluding carboxylic acids is 2. The average Bonchev–Trinajstić information content (AvgIpc) is 2.98. The van der Waals surface area contributed by atoms with Gasteiger partial charge in [-0.25, -0.2) is 0 Å². The molecule has 138 valence electrons. The third-order valence-corrected chi connectivity index (χ3v) is 4.85. The van der Waals surface area contributed by atoms with Gasteiger partial charge in [0.05, 0.1) is 5.56 Å². The molecule has 1 saturated heterocycles. The number of nitrogens with zero attached hydrogens (tertiary/aromatic N) is 2. The van der Waals surface area contributed by atoms with Crippen molar-refractivity contribution >= 4 is 17.5 Å². The highest BCUT2D eigenvalue weighted by Gasteiger charge is 2.26. The zero-order chi connectivity index (χ0) is 18.7. The van der Waals surface area contributed by atoms with Crippen LogP contribution in [0.4, 0.5) is 5.69 Å². The van der Waals surface area contributed by atoms with Gasteiger partial charge in [-0.15, -0.1) is 0 Å². The van der Waals surface area contributed by atoms with E-state index in [0.717, 1.165) is 17.0 Å². The summed E-state index contributed by atoms with van der Waals surface area (Å²) in [7, 11) is 0. The second-order valence-corrected chi connectivity index (χ2v) is 6.70. The maximum absolute atomic E-state index is 12.6. The number of amides is 2. The Kier molecular flexibility index (Phi) is 5.30. The number of para-hydroxylation sites is 1. The van der Waals surface area contributed by atoms with E-state index >= 15 is 0 Å². The van der Waals surface area contributed by atoms with Crippen LogP contribution in [0.3, 0.4) is 0 Å². The van der Waals surface area contributed by atoms with Gasteiger partial charge in [0.2, 0.25) is 5.91 Å². The molecule has 1 aromatic heterocycles. The van der Waals surface area contributed by atoms with Crippen molar-refractivity contribution in [2.45, 2.75) is 26.7 Å². The van der Waals surface area contributed by atoms with Gasteiger partial charge in [-0.05, 0) is 38.0 Å². The van der Waals surface area contributed by atoms with Crippen LogP contribution in [0.5, 0.6) is 0 Å². The summed E-state index contributed by atoms with van der Waals surface area (Å²) in [5, 5.41) is 0. The van der Waals surface area contributed by atoms with Crippen LogP contribution in [0.2, 0.25) is 0 Å². The Morgan fingerprint density at radius 2 is 1.73 bits per heavy atom. The second-order valence-electron chi connectivity index (χ2n) is 6.70. The Bertz CT molecular complexity index is 804. The predicted octanol–water partition coefficient (Wildman–Crippen LogP) is 2.40. The number of rotatable bonds is 4. The lowest BCUT2D eigenvalue weighted by atomic mass is 10.1. The van der Waals surface area contributed by atoms with Gasteiger partial charge in [-0.3, -0.25) is 9.59 Å². The van der Waals surface area contributed by atoms with Crippen molar-refractivity contribution in [2.24, 2.45) is 0 Å². The summed E-state index contributed by atoms with van der Waals surface area (Å²) in [5.41, 5.74) is 8.27. The van der Waals surface area contributed by atoms with E-state index in [1.165, 1.54) is 0 Å². The van der Waals surface area contributed by atoms with Crippen LogP contribution in [-0.2, 0) is 11.2 Å². The van der Waals surface area contributed by atoms with Gasteiger partial charge in [0, 0.05) is 38.3 Å². The zero-order valence-electron chi connectivity index (χ0n) is 15.3. The van der Waals surface area contributed by atoms with Gasteiger partial charge in [0.1, 0.15) is 11.5 Å².